The van der Waals surface area contributed by atoms with E-state index in [1.54, 1.807) is 0 Å². The second kappa shape index (κ2) is 3.31. The molecule has 0 spiro atoms. The highest BCUT2D eigenvalue weighted by Gasteiger charge is 2.00. The number of fused-ring (bicyclic) bond motifs is 1. The summed E-state index contributed by atoms with van der Waals surface area (Å²) in [4.78, 5) is 0. The third-order valence-corrected chi connectivity index (χ3v) is 2.36. The molecule has 0 aliphatic carbocycles. The lowest BCUT2D eigenvalue weighted by atomic mass is 10.2. The maximum atomic E-state index is 3.31. The van der Waals surface area contributed by atoms with Gasteiger partial charge in [0.2, 0.25) is 0 Å². The number of halogens is 1. The van der Waals surface area contributed by atoms with E-state index in [0.717, 1.165) is 3.70 Å². The van der Waals surface area contributed by atoms with Crippen LogP contribution in [-0.2, 0) is 0 Å². The van der Waals surface area contributed by atoms with Gasteiger partial charge in [-0.3, -0.25) is 0 Å². The molecule has 0 amide bonds. The molecular weight excluding hydrogens is 261 g/mol. The number of allylic oxidation sites excluding steroid dienone is 2. The van der Waals surface area contributed by atoms with E-state index in [4.69, 9.17) is 0 Å². The number of rotatable bonds is 0. The van der Waals surface area contributed by atoms with E-state index in [9.17, 15) is 0 Å². The zero-order valence-electron chi connectivity index (χ0n) is 6.42. The van der Waals surface area contributed by atoms with Gasteiger partial charge in [-0.05, 0) is 40.3 Å². The van der Waals surface area contributed by atoms with Crippen LogP contribution >= 0.6 is 22.6 Å². The lowest BCUT2D eigenvalue weighted by Crippen LogP contribution is -1.92. The highest BCUT2D eigenvalue weighted by atomic mass is 127. The number of anilines is 1. The van der Waals surface area contributed by atoms with Crippen LogP contribution < -0.4 is 5.32 Å². The van der Waals surface area contributed by atoms with Crippen LogP contribution in [0.4, 0.5) is 5.69 Å². The smallest absolute Gasteiger partial charge is 0.0776 e. The quantitative estimate of drug-likeness (QED) is 0.562. The molecule has 0 saturated heterocycles. The van der Waals surface area contributed by atoms with E-state index >= 15 is 0 Å². The van der Waals surface area contributed by atoms with Gasteiger partial charge in [0.05, 0.1) is 3.70 Å². The molecule has 0 bridgehead atoms. The highest BCUT2D eigenvalue weighted by Crippen LogP contribution is 2.23. The summed E-state index contributed by atoms with van der Waals surface area (Å²) in [7, 11) is 0. The second-order valence-electron chi connectivity index (χ2n) is 2.59. The van der Waals surface area contributed by atoms with Crippen LogP contribution in [0.5, 0.6) is 0 Å². The lowest BCUT2D eigenvalue weighted by Gasteiger charge is -2.05. The van der Waals surface area contributed by atoms with E-state index < -0.39 is 0 Å². The van der Waals surface area contributed by atoms with Gasteiger partial charge >= 0.3 is 0 Å². The molecule has 0 saturated carbocycles. The van der Waals surface area contributed by atoms with Gasteiger partial charge in [-0.25, -0.2) is 0 Å². The van der Waals surface area contributed by atoms with Crippen LogP contribution in [0.3, 0.4) is 0 Å². The Hall–Kier alpha value is -0.770. The van der Waals surface area contributed by atoms with Crippen molar-refractivity contribution in [1.82, 2.24) is 0 Å². The summed E-state index contributed by atoms with van der Waals surface area (Å²) in [5.41, 5.74) is 2.41. The Morgan fingerprint density at radius 2 is 2.00 bits per heavy atom. The summed E-state index contributed by atoms with van der Waals surface area (Å²) in [6, 6.07) is 8.26. The van der Waals surface area contributed by atoms with E-state index in [-0.39, 0.29) is 0 Å². The van der Waals surface area contributed by atoms with Crippen molar-refractivity contribution in [2.24, 2.45) is 0 Å². The first kappa shape index (κ1) is 7.86. The van der Waals surface area contributed by atoms with Gasteiger partial charge in [-0.1, -0.05) is 30.4 Å². The lowest BCUT2D eigenvalue weighted by molar-refractivity contribution is 1.56. The average Bonchev–Trinajstić information content (AvgIpc) is 2.25. The van der Waals surface area contributed by atoms with Gasteiger partial charge < -0.3 is 5.32 Å². The average molecular weight is 269 g/mol. The molecule has 1 aliphatic heterocycles. The zero-order valence-corrected chi connectivity index (χ0v) is 8.58. The highest BCUT2D eigenvalue weighted by molar-refractivity contribution is 14.1. The normalized spacial score (nSPS) is 14.2. The molecule has 1 aliphatic rings. The summed E-state index contributed by atoms with van der Waals surface area (Å²) >= 11 is 2.28. The molecule has 60 valence electrons. The molecule has 0 unspecified atom stereocenters. The largest absolute Gasteiger partial charge is 0.350 e. The molecule has 2 rings (SSSR count). The number of nitrogens with one attached hydrogen (secondary N) is 1. The van der Waals surface area contributed by atoms with Crippen molar-refractivity contribution in [2.45, 2.75) is 0 Å². The van der Waals surface area contributed by atoms with Crippen LogP contribution in [0.1, 0.15) is 5.56 Å². The number of hydrogen-bond acceptors (Lipinski definition) is 1. The standard InChI is InChI=1S/C10H8IN/c11-10-7-3-5-8-4-1-2-6-9(8)12-10/h1-7,12H. The Labute approximate surface area is 85.3 Å². The molecule has 2 heteroatoms. The van der Waals surface area contributed by atoms with Gasteiger partial charge in [-0.15, -0.1) is 0 Å². The maximum absolute atomic E-state index is 3.31. The van der Waals surface area contributed by atoms with Gasteiger partial charge in [-0.2, -0.15) is 0 Å². The predicted octanol–water partition coefficient (Wildman–Crippen LogP) is 3.40. The van der Waals surface area contributed by atoms with Crippen molar-refractivity contribution in [3.8, 4) is 0 Å². The fraction of sp³-hybridized carbons (Fsp3) is 0. The molecule has 1 aromatic rings. The van der Waals surface area contributed by atoms with Gasteiger partial charge in [0.1, 0.15) is 0 Å². The van der Waals surface area contributed by atoms with Crippen molar-refractivity contribution in [3.63, 3.8) is 0 Å². The molecule has 1 heterocycles. The van der Waals surface area contributed by atoms with Crippen molar-refractivity contribution in [3.05, 3.63) is 45.7 Å². The summed E-state index contributed by atoms with van der Waals surface area (Å²) in [6.45, 7) is 0. The minimum absolute atomic E-state index is 1.15. The first-order valence-corrected chi connectivity index (χ1v) is 4.84. The van der Waals surface area contributed by atoms with Gasteiger partial charge in [0, 0.05) is 5.69 Å². The van der Waals surface area contributed by atoms with Crippen molar-refractivity contribution >= 4 is 34.4 Å². The number of para-hydroxylation sites is 1. The molecular formula is C10H8IN. The molecule has 0 aromatic heterocycles. The third-order valence-electron chi connectivity index (χ3n) is 1.73. The fourth-order valence-corrected chi connectivity index (χ4v) is 1.66. The summed E-state index contributed by atoms with van der Waals surface area (Å²) in [5, 5.41) is 3.31. The van der Waals surface area contributed by atoms with Crippen LogP contribution in [0, 0.1) is 0 Å². The van der Waals surface area contributed by atoms with Gasteiger partial charge in [0.25, 0.3) is 0 Å². The Bertz CT molecular complexity index is 353. The summed E-state index contributed by atoms with van der Waals surface area (Å²) in [6.07, 6.45) is 6.22. The molecule has 0 fully saturated rings. The Morgan fingerprint density at radius 3 is 2.92 bits per heavy atom. The SMILES string of the molecule is IC1=CC=Cc2ccccc2N1. The van der Waals surface area contributed by atoms with Gasteiger partial charge in [0.15, 0.2) is 0 Å². The predicted molar refractivity (Wildman–Crippen MR) is 61.2 cm³/mol. The van der Waals surface area contributed by atoms with Crippen LogP contribution in [0.25, 0.3) is 6.08 Å². The monoisotopic (exact) mass is 269 g/mol. The fourth-order valence-electron chi connectivity index (χ4n) is 1.16. The molecule has 12 heavy (non-hydrogen) atoms. The topological polar surface area (TPSA) is 12.0 Å². The van der Waals surface area contributed by atoms with Crippen LogP contribution in [-0.4, -0.2) is 0 Å². The maximum Gasteiger partial charge on any atom is 0.0776 e. The van der Waals surface area contributed by atoms with E-state index in [1.807, 2.05) is 12.1 Å². The molecule has 1 nitrogen and oxygen atoms in total. The first-order chi connectivity index (χ1) is 5.86. The van der Waals surface area contributed by atoms with Crippen LogP contribution in [0.2, 0.25) is 0 Å². The molecule has 0 atom stereocenters. The molecule has 0 radical (unpaired) electrons. The molecule has 1 aromatic carbocycles. The Kier molecular flexibility index (Phi) is 2.17. The number of hydrogen-bond donors (Lipinski definition) is 1. The Balaban J connectivity index is 2.49. The van der Waals surface area contributed by atoms with Crippen molar-refractivity contribution < 1.29 is 0 Å². The summed E-state index contributed by atoms with van der Waals surface area (Å²) in [5.74, 6) is 0. The zero-order chi connectivity index (χ0) is 8.39. The first-order valence-electron chi connectivity index (χ1n) is 3.76. The molecule has 1 N–H and O–H groups in total. The van der Waals surface area contributed by atoms with E-state index in [0.29, 0.717) is 0 Å². The summed E-state index contributed by atoms with van der Waals surface area (Å²) < 4.78 is 1.15. The minimum atomic E-state index is 1.15. The Morgan fingerprint density at radius 1 is 1.17 bits per heavy atom. The van der Waals surface area contributed by atoms with Crippen molar-refractivity contribution in [1.29, 1.82) is 0 Å². The third kappa shape index (κ3) is 1.53. The minimum Gasteiger partial charge on any atom is -0.350 e. The van der Waals surface area contributed by atoms with Crippen molar-refractivity contribution in [2.75, 3.05) is 5.32 Å². The van der Waals surface area contributed by atoms with E-state index in [2.05, 4.69) is 58.3 Å². The van der Waals surface area contributed by atoms with E-state index in [1.165, 1.54) is 11.3 Å². The number of benzene rings is 1. The second-order valence-corrected chi connectivity index (χ2v) is 3.75. The van der Waals surface area contributed by atoms with Crippen LogP contribution in [0.15, 0.2) is 40.1 Å².